The fourth-order valence-corrected chi connectivity index (χ4v) is 1.07. The van der Waals surface area contributed by atoms with Crippen molar-refractivity contribution in [3.63, 3.8) is 0 Å². The second kappa shape index (κ2) is 5.58. The standard InChI is InChI=1S/C10H20N2O3/c1-5-7(6-8(13)14)11-9(15)12-10(2,3)4/h7H,5-6H2,1-4H3,(H,13,14)(H2,11,12,15). The Kier molecular flexibility index (Phi) is 5.11. The van der Waals surface area contributed by atoms with Crippen LogP contribution < -0.4 is 10.6 Å². The molecule has 0 radical (unpaired) electrons. The first-order valence-electron chi connectivity index (χ1n) is 5.05. The molecule has 0 aliphatic heterocycles. The van der Waals surface area contributed by atoms with E-state index in [1.807, 2.05) is 27.7 Å². The van der Waals surface area contributed by atoms with Crippen LogP contribution in [0.2, 0.25) is 0 Å². The van der Waals surface area contributed by atoms with Gasteiger partial charge in [0.2, 0.25) is 0 Å². The van der Waals surface area contributed by atoms with E-state index in [1.54, 1.807) is 0 Å². The number of carboxylic acids is 1. The maximum Gasteiger partial charge on any atom is 0.315 e. The molecule has 0 heterocycles. The number of hydrogen-bond acceptors (Lipinski definition) is 2. The van der Waals surface area contributed by atoms with Gasteiger partial charge in [-0.3, -0.25) is 4.79 Å². The molecular weight excluding hydrogens is 196 g/mol. The quantitative estimate of drug-likeness (QED) is 0.663. The highest BCUT2D eigenvalue weighted by Crippen LogP contribution is 2.00. The van der Waals surface area contributed by atoms with E-state index < -0.39 is 5.97 Å². The van der Waals surface area contributed by atoms with Gasteiger partial charge in [-0.15, -0.1) is 0 Å². The van der Waals surface area contributed by atoms with Crippen molar-refractivity contribution in [1.82, 2.24) is 10.6 Å². The highest BCUT2D eigenvalue weighted by Gasteiger charge is 2.17. The summed E-state index contributed by atoms with van der Waals surface area (Å²) in [5.74, 6) is -0.905. The topological polar surface area (TPSA) is 78.4 Å². The summed E-state index contributed by atoms with van der Waals surface area (Å²) in [6.45, 7) is 7.44. The number of carbonyl (C=O) groups is 2. The summed E-state index contributed by atoms with van der Waals surface area (Å²) in [6.07, 6.45) is 0.553. The molecule has 0 aromatic heterocycles. The average Bonchev–Trinajstić information content (AvgIpc) is 1.98. The molecule has 0 saturated carbocycles. The van der Waals surface area contributed by atoms with Crippen molar-refractivity contribution >= 4 is 12.0 Å². The Labute approximate surface area is 90.2 Å². The summed E-state index contributed by atoms with van der Waals surface area (Å²) < 4.78 is 0. The second-order valence-electron chi connectivity index (χ2n) is 4.55. The largest absolute Gasteiger partial charge is 0.481 e. The van der Waals surface area contributed by atoms with Crippen molar-refractivity contribution in [2.45, 2.75) is 52.1 Å². The van der Waals surface area contributed by atoms with E-state index in [0.29, 0.717) is 6.42 Å². The first-order valence-corrected chi connectivity index (χ1v) is 5.05. The van der Waals surface area contributed by atoms with Gasteiger partial charge < -0.3 is 15.7 Å². The van der Waals surface area contributed by atoms with E-state index in [-0.39, 0.29) is 24.0 Å². The van der Waals surface area contributed by atoms with E-state index in [2.05, 4.69) is 10.6 Å². The number of amides is 2. The summed E-state index contributed by atoms with van der Waals surface area (Å²) in [4.78, 5) is 21.9. The predicted octanol–water partition coefficient (Wildman–Crippen LogP) is 1.34. The van der Waals surface area contributed by atoms with Gasteiger partial charge >= 0.3 is 12.0 Å². The maximum atomic E-state index is 11.4. The molecule has 5 nitrogen and oxygen atoms in total. The normalized spacial score (nSPS) is 13.1. The zero-order valence-electron chi connectivity index (χ0n) is 9.76. The number of carbonyl (C=O) groups excluding carboxylic acids is 1. The first-order chi connectivity index (χ1) is 6.74. The molecule has 0 rings (SSSR count). The first kappa shape index (κ1) is 13.7. The molecule has 0 aliphatic carbocycles. The SMILES string of the molecule is CCC(CC(=O)O)NC(=O)NC(C)(C)C. The van der Waals surface area contributed by atoms with Crippen LogP contribution in [0.25, 0.3) is 0 Å². The highest BCUT2D eigenvalue weighted by molar-refractivity contribution is 5.76. The number of aliphatic carboxylic acids is 1. The van der Waals surface area contributed by atoms with Crippen molar-refractivity contribution in [2.24, 2.45) is 0 Å². The Hall–Kier alpha value is -1.26. The van der Waals surface area contributed by atoms with Gasteiger partial charge in [0.1, 0.15) is 0 Å². The van der Waals surface area contributed by atoms with Crippen LogP contribution in [-0.4, -0.2) is 28.7 Å². The summed E-state index contributed by atoms with van der Waals surface area (Å²) in [5.41, 5.74) is -0.314. The van der Waals surface area contributed by atoms with Crippen LogP contribution in [0.15, 0.2) is 0 Å². The number of hydrogen-bond donors (Lipinski definition) is 3. The summed E-state index contributed by atoms with van der Waals surface area (Å²) in [6, 6.07) is -0.638. The Bertz CT molecular complexity index is 233. The van der Waals surface area contributed by atoms with Gasteiger partial charge in [-0.05, 0) is 27.2 Å². The smallest absolute Gasteiger partial charge is 0.315 e. The molecule has 0 aliphatic rings. The summed E-state index contributed by atoms with van der Waals surface area (Å²) in [5, 5.41) is 13.9. The zero-order chi connectivity index (χ0) is 12.1. The lowest BCUT2D eigenvalue weighted by Crippen LogP contribution is -2.49. The van der Waals surface area contributed by atoms with Crippen LogP contribution in [0, 0.1) is 0 Å². The lowest BCUT2D eigenvalue weighted by molar-refractivity contribution is -0.137. The van der Waals surface area contributed by atoms with Gasteiger partial charge in [0.05, 0.1) is 6.42 Å². The fourth-order valence-electron chi connectivity index (χ4n) is 1.07. The molecule has 0 aromatic rings. The van der Waals surface area contributed by atoms with Gasteiger partial charge in [0, 0.05) is 11.6 Å². The van der Waals surface area contributed by atoms with Crippen LogP contribution in [0.3, 0.4) is 0 Å². The fraction of sp³-hybridized carbons (Fsp3) is 0.800. The van der Waals surface area contributed by atoms with E-state index >= 15 is 0 Å². The molecule has 0 fully saturated rings. The van der Waals surface area contributed by atoms with Crippen molar-refractivity contribution in [2.75, 3.05) is 0 Å². The third-order valence-corrected chi connectivity index (χ3v) is 1.74. The Morgan fingerprint density at radius 1 is 1.33 bits per heavy atom. The lowest BCUT2D eigenvalue weighted by atomic mass is 10.1. The number of urea groups is 1. The molecule has 1 atom stereocenters. The third-order valence-electron chi connectivity index (χ3n) is 1.74. The van der Waals surface area contributed by atoms with Crippen LogP contribution in [0.1, 0.15) is 40.5 Å². The minimum absolute atomic E-state index is 0.0476. The number of rotatable bonds is 4. The van der Waals surface area contributed by atoms with Crippen molar-refractivity contribution in [3.8, 4) is 0 Å². The van der Waals surface area contributed by atoms with Crippen LogP contribution in [0.4, 0.5) is 4.79 Å². The summed E-state index contributed by atoms with van der Waals surface area (Å²) >= 11 is 0. The monoisotopic (exact) mass is 216 g/mol. The molecule has 15 heavy (non-hydrogen) atoms. The average molecular weight is 216 g/mol. The van der Waals surface area contributed by atoms with E-state index in [0.717, 1.165) is 0 Å². The van der Waals surface area contributed by atoms with Crippen molar-refractivity contribution in [3.05, 3.63) is 0 Å². The predicted molar refractivity (Wildman–Crippen MR) is 57.8 cm³/mol. The van der Waals surface area contributed by atoms with Crippen molar-refractivity contribution < 1.29 is 14.7 Å². The highest BCUT2D eigenvalue weighted by atomic mass is 16.4. The van der Waals surface area contributed by atoms with Crippen LogP contribution in [0.5, 0.6) is 0 Å². The maximum absolute atomic E-state index is 11.4. The Morgan fingerprint density at radius 2 is 1.87 bits per heavy atom. The Morgan fingerprint density at radius 3 is 2.20 bits per heavy atom. The van der Waals surface area contributed by atoms with Gasteiger partial charge in [0.25, 0.3) is 0 Å². The van der Waals surface area contributed by atoms with Crippen LogP contribution in [-0.2, 0) is 4.79 Å². The molecule has 0 bridgehead atoms. The Balaban J connectivity index is 4.07. The molecule has 3 N–H and O–H groups in total. The van der Waals surface area contributed by atoms with E-state index in [4.69, 9.17) is 5.11 Å². The van der Waals surface area contributed by atoms with Gasteiger partial charge in [0.15, 0.2) is 0 Å². The second-order valence-corrected chi connectivity index (χ2v) is 4.55. The molecule has 0 aromatic carbocycles. The molecule has 0 saturated heterocycles. The minimum atomic E-state index is -0.905. The van der Waals surface area contributed by atoms with Gasteiger partial charge in [-0.2, -0.15) is 0 Å². The summed E-state index contributed by atoms with van der Waals surface area (Å²) in [7, 11) is 0. The third kappa shape index (κ3) is 7.78. The molecular formula is C10H20N2O3. The molecule has 1 unspecified atom stereocenters. The van der Waals surface area contributed by atoms with E-state index in [9.17, 15) is 9.59 Å². The minimum Gasteiger partial charge on any atom is -0.481 e. The molecule has 5 heteroatoms. The lowest BCUT2D eigenvalue weighted by Gasteiger charge is -2.23. The molecule has 0 spiro atoms. The molecule has 2 amide bonds. The van der Waals surface area contributed by atoms with Gasteiger partial charge in [-0.25, -0.2) is 4.79 Å². The molecule has 88 valence electrons. The van der Waals surface area contributed by atoms with Crippen LogP contribution >= 0.6 is 0 Å². The van der Waals surface area contributed by atoms with Gasteiger partial charge in [-0.1, -0.05) is 6.92 Å². The number of carboxylic acid groups (broad SMARTS) is 1. The number of nitrogens with one attached hydrogen (secondary N) is 2. The zero-order valence-corrected chi connectivity index (χ0v) is 9.76. The van der Waals surface area contributed by atoms with Crippen molar-refractivity contribution in [1.29, 1.82) is 0 Å². The van der Waals surface area contributed by atoms with E-state index in [1.165, 1.54) is 0 Å².